The average Bonchev–Trinajstić information content (AvgIpc) is 3.13. The van der Waals surface area contributed by atoms with Crippen molar-refractivity contribution >= 4 is 21.8 Å². The van der Waals surface area contributed by atoms with Crippen LogP contribution in [0.5, 0.6) is 0 Å². The summed E-state index contributed by atoms with van der Waals surface area (Å²) in [6.07, 6.45) is 1.78. The highest BCUT2D eigenvalue weighted by atomic mass is 16.5. The number of aromatic nitrogens is 1. The Morgan fingerprint density at radius 1 is 0.733 bits per heavy atom. The highest BCUT2D eigenvalue weighted by molar-refractivity contribution is 6.10. The summed E-state index contributed by atoms with van der Waals surface area (Å²) in [5.74, 6) is 0. The zero-order chi connectivity index (χ0) is 20.3. The van der Waals surface area contributed by atoms with E-state index in [4.69, 9.17) is 4.74 Å². The summed E-state index contributed by atoms with van der Waals surface area (Å²) in [5, 5.41) is 2.49. The summed E-state index contributed by atoms with van der Waals surface area (Å²) >= 11 is 0. The summed E-state index contributed by atoms with van der Waals surface area (Å²) < 4.78 is 8.05. The largest absolute Gasteiger partial charge is 0.373 e. The molecule has 5 aromatic rings. The molecule has 0 radical (unpaired) electrons. The summed E-state index contributed by atoms with van der Waals surface area (Å²) in [5.41, 5.74) is 7.20. The molecule has 0 amide bonds. The minimum Gasteiger partial charge on any atom is -0.373 e. The van der Waals surface area contributed by atoms with E-state index in [0.717, 1.165) is 0 Å². The first-order chi connectivity index (χ1) is 14.9. The van der Waals surface area contributed by atoms with Crippen molar-refractivity contribution in [3.05, 3.63) is 115 Å². The Balaban J connectivity index is 1.75. The van der Waals surface area contributed by atoms with Crippen LogP contribution in [-0.2, 0) is 11.3 Å². The van der Waals surface area contributed by atoms with Crippen molar-refractivity contribution in [3.8, 4) is 16.8 Å². The van der Waals surface area contributed by atoms with Crippen molar-refractivity contribution in [2.45, 2.75) is 6.61 Å². The zero-order valence-corrected chi connectivity index (χ0v) is 16.8. The topological polar surface area (TPSA) is 14.2 Å². The van der Waals surface area contributed by atoms with Crippen LogP contribution < -0.4 is 0 Å². The predicted octanol–water partition coefficient (Wildman–Crippen LogP) is 7.15. The smallest absolute Gasteiger partial charge is 0.0721 e. The lowest BCUT2D eigenvalue weighted by Crippen LogP contribution is -1.97. The van der Waals surface area contributed by atoms with Crippen LogP contribution in [0.2, 0.25) is 0 Å². The van der Waals surface area contributed by atoms with E-state index in [2.05, 4.69) is 108 Å². The third-order valence-electron chi connectivity index (χ3n) is 5.47. The molecule has 0 unspecified atom stereocenters. The normalized spacial score (nSPS) is 11.2. The quantitative estimate of drug-likeness (QED) is 0.222. The number of para-hydroxylation sites is 2. The number of benzene rings is 4. The van der Waals surface area contributed by atoms with Crippen LogP contribution in [0.25, 0.3) is 38.6 Å². The number of fused-ring (bicyclic) bond motifs is 3. The molecule has 1 heterocycles. The van der Waals surface area contributed by atoms with Crippen LogP contribution in [0, 0.1) is 0 Å². The van der Waals surface area contributed by atoms with Crippen LogP contribution in [-0.4, -0.2) is 11.2 Å². The Morgan fingerprint density at radius 2 is 1.47 bits per heavy atom. The van der Waals surface area contributed by atoms with Gasteiger partial charge in [0.2, 0.25) is 0 Å². The fourth-order valence-corrected chi connectivity index (χ4v) is 4.16. The first kappa shape index (κ1) is 18.4. The van der Waals surface area contributed by atoms with E-state index in [0.29, 0.717) is 13.2 Å². The maximum absolute atomic E-state index is 5.67. The SMILES string of the molecule is C=CCOCc1ccc2c(c1)c1ccccc1n2-c1ccccc1-c1ccccc1. The van der Waals surface area contributed by atoms with E-state index < -0.39 is 0 Å². The van der Waals surface area contributed by atoms with Gasteiger partial charge in [0.05, 0.1) is 29.9 Å². The molecule has 2 nitrogen and oxygen atoms in total. The van der Waals surface area contributed by atoms with Crippen LogP contribution in [0.15, 0.2) is 110 Å². The number of hydrogen-bond donors (Lipinski definition) is 0. The predicted molar refractivity (Wildman–Crippen MR) is 126 cm³/mol. The molecule has 0 aliphatic rings. The molecule has 0 N–H and O–H groups in total. The molecule has 0 atom stereocenters. The Kier molecular flexibility index (Phi) is 4.92. The first-order valence-electron chi connectivity index (χ1n) is 10.2. The molecule has 0 fully saturated rings. The molecule has 2 heteroatoms. The minimum atomic E-state index is 0.560. The van der Waals surface area contributed by atoms with Gasteiger partial charge in [-0.05, 0) is 35.4 Å². The molecule has 0 aliphatic carbocycles. The Bertz CT molecular complexity index is 1330. The van der Waals surface area contributed by atoms with E-state index in [-0.39, 0.29) is 0 Å². The van der Waals surface area contributed by atoms with Gasteiger partial charge < -0.3 is 9.30 Å². The molecule has 1 aromatic heterocycles. The highest BCUT2D eigenvalue weighted by Crippen LogP contribution is 2.36. The summed E-state index contributed by atoms with van der Waals surface area (Å²) in [4.78, 5) is 0. The molecular weight excluding hydrogens is 366 g/mol. The van der Waals surface area contributed by atoms with Crippen LogP contribution in [0.4, 0.5) is 0 Å². The second-order valence-corrected chi connectivity index (χ2v) is 7.39. The van der Waals surface area contributed by atoms with E-state index in [1.54, 1.807) is 6.08 Å². The Hall–Kier alpha value is -3.62. The van der Waals surface area contributed by atoms with Gasteiger partial charge in [0.1, 0.15) is 0 Å². The van der Waals surface area contributed by atoms with E-state index in [9.17, 15) is 0 Å². The van der Waals surface area contributed by atoms with E-state index >= 15 is 0 Å². The van der Waals surface area contributed by atoms with Crippen molar-refractivity contribution in [2.24, 2.45) is 0 Å². The molecular formula is C28H23NO. The molecule has 0 aliphatic heterocycles. The van der Waals surface area contributed by atoms with Gasteiger partial charge in [-0.3, -0.25) is 0 Å². The third-order valence-corrected chi connectivity index (χ3v) is 5.47. The van der Waals surface area contributed by atoms with Crippen LogP contribution in [0.1, 0.15) is 5.56 Å². The molecule has 0 saturated heterocycles. The van der Waals surface area contributed by atoms with Crippen molar-refractivity contribution in [3.63, 3.8) is 0 Å². The molecule has 0 bridgehead atoms. The maximum Gasteiger partial charge on any atom is 0.0721 e. The summed E-state index contributed by atoms with van der Waals surface area (Å²) in [6, 6.07) is 34.4. The van der Waals surface area contributed by atoms with Gasteiger partial charge in [0.25, 0.3) is 0 Å². The van der Waals surface area contributed by atoms with Gasteiger partial charge in [-0.25, -0.2) is 0 Å². The fourth-order valence-electron chi connectivity index (χ4n) is 4.16. The summed E-state index contributed by atoms with van der Waals surface area (Å²) in [7, 11) is 0. The highest BCUT2D eigenvalue weighted by Gasteiger charge is 2.15. The van der Waals surface area contributed by atoms with Gasteiger partial charge >= 0.3 is 0 Å². The van der Waals surface area contributed by atoms with Crippen molar-refractivity contribution < 1.29 is 4.74 Å². The molecule has 0 saturated carbocycles. The zero-order valence-electron chi connectivity index (χ0n) is 16.8. The van der Waals surface area contributed by atoms with Gasteiger partial charge in [0.15, 0.2) is 0 Å². The average molecular weight is 389 g/mol. The lowest BCUT2D eigenvalue weighted by molar-refractivity contribution is 0.149. The minimum absolute atomic E-state index is 0.560. The maximum atomic E-state index is 5.67. The second-order valence-electron chi connectivity index (χ2n) is 7.39. The number of hydrogen-bond acceptors (Lipinski definition) is 1. The van der Waals surface area contributed by atoms with Crippen LogP contribution in [0.3, 0.4) is 0 Å². The first-order valence-corrected chi connectivity index (χ1v) is 10.2. The van der Waals surface area contributed by atoms with Crippen molar-refractivity contribution in [2.75, 3.05) is 6.61 Å². The number of ether oxygens (including phenoxy) is 1. The number of nitrogens with zero attached hydrogens (tertiary/aromatic N) is 1. The number of rotatable bonds is 6. The second kappa shape index (κ2) is 8.02. The van der Waals surface area contributed by atoms with Crippen LogP contribution >= 0.6 is 0 Å². The van der Waals surface area contributed by atoms with E-state index in [1.807, 2.05) is 0 Å². The molecule has 0 spiro atoms. The van der Waals surface area contributed by atoms with Gasteiger partial charge in [0, 0.05) is 16.3 Å². The Morgan fingerprint density at radius 3 is 2.33 bits per heavy atom. The standard InChI is InChI=1S/C28H23NO/c1-2-18-30-20-21-16-17-28-25(19-21)24-13-7-9-15-27(24)29(28)26-14-8-6-12-23(26)22-10-4-3-5-11-22/h2-17,19H,1,18,20H2. The monoisotopic (exact) mass is 389 g/mol. The fraction of sp³-hybridized carbons (Fsp3) is 0.0714. The molecule has 5 rings (SSSR count). The lowest BCUT2D eigenvalue weighted by atomic mass is 10.0. The lowest BCUT2D eigenvalue weighted by Gasteiger charge is -2.14. The van der Waals surface area contributed by atoms with Crippen molar-refractivity contribution in [1.29, 1.82) is 0 Å². The van der Waals surface area contributed by atoms with Gasteiger partial charge in [-0.15, -0.1) is 6.58 Å². The van der Waals surface area contributed by atoms with Gasteiger partial charge in [-0.1, -0.05) is 78.9 Å². The molecule has 30 heavy (non-hydrogen) atoms. The summed E-state index contributed by atoms with van der Waals surface area (Å²) in [6.45, 7) is 4.87. The van der Waals surface area contributed by atoms with E-state index in [1.165, 1.54) is 44.2 Å². The Labute approximate surface area is 176 Å². The molecule has 4 aromatic carbocycles. The van der Waals surface area contributed by atoms with Gasteiger partial charge in [-0.2, -0.15) is 0 Å². The third kappa shape index (κ3) is 3.22. The van der Waals surface area contributed by atoms with Crippen molar-refractivity contribution in [1.82, 2.24) is 4.57 Å². The molecule has 146 valence electrons.